The molecule has 0 bridgehead atoms. The first-order chi connectivity index (χ1) is 6.85. The van der Waals surface area contributed by atoms with Gasteiger partial charge in [0, 0.05) is 5.56 Å². The van der Waals surface area contributed by atoms with Crippen molar-refractivity contribution >= 4 is 5.71 Å². The smallest absolute Gasteiger partial charge is 0.119 e. The Labute approximate surface area is 83.0 Å². The van der Waals surface area contributed by atoms with Crippen LogP contribution in [0.15, 0.2) is 23.4 Å². The summed E-state index contributed by atoms with van der Waals surface area (Å²) in [4.78, 5) is 0. The minimum absolute atomic E-state index is 0.680. The zero-order chi connectivity index (χ0) is 9.97. The molecule has 14 heavy (non-hydrogen) atoms. The van der Waals surface area contributed by atoms with Gasteiger partial charge in [0.05, 0.1) is 12.3 Å². The van der Waals surface area contributed by atoms with Gasteiger partial charge in [0.15, 0.2) is 0 Å². The summed E-state index contributed by atoms with van der Waals surface area (Å²) in [5.41, 5.74) is 3.04. The van der Waals surface area contributed by atoms with Crippen molar-refractivity contribution < 1.29 is 9.94 Å². The SMILES string of the molecule is CCOc1ccc2c(c1)CC/C2=N\O. The van der Waals surface area contributed by atoms with Crippen molar-refractivity contribution in [2.45, 2.75) is 19.8 Å². The largest absolute Gasteiger partial charge is 0.494 e. The zero-order valence-electron chi connectivity index (χ0n) is 8.16. The molecule has 0 fully saturated rings. The summed E-state index contributed by atoms with van der Waals surface area (Å²) < 4.78 is 5.40. The summed E-state index contributed by atoms with van der Waals surface area (Å²) in [6.07, 6.45) is 1.76. The van der Waals surface area contributed by atoms with Crippen LogP contribution in [0.1, 0.15) is 24.5 Å². The highest BCUT2D eigenvalue weighted by Gasteiger charge is 2.18. The molecule has 3 heteroatoms. The standard InChI is InChI=1S/C11H13NO2/c1-2-14-9-4-5-10-8(7-9)3-6-11(10)12-13/h4-5,7,13H,2-3,6H2,1H3/b12-11+. The lowest BCUT2D eigenvalue weighted by Gasteiger charge is -2.04. The van der Waals surface area contributed by atoms with E-state index in [1.54, 1.807) is 0 Å². The Kier molecular flexibility index (Phi) is 2.39. The van der Waals surface area contributed by atoms with Gasteiger partial charge in [0.2, 0.25) is 0 Å². The van der Waals surface area contributed by atoms with E-state index in [0.29, 0.717) is 6.61 Å². The van der Waals surface area contributed by atoms with Crippen LogP contribution in [0.5, 0.6) is 5.75 Å². The number of fused-ring (bicyclic) bond motifs is 1. The third-order valence-electron chi connectivity index (χ3n) is 2.45. The second-order valence-electron chi connectivity index (χ2n) is 3.30. The van der Waals surface area contributed by atoms with Gasteiger partial charge in [-0.1, -0.05) is 5.16 Å². The first kappa shape index (κ1) is 9.06. The summed E-state index contributed by atoms with van der Waals surface area (Å²) in [6.45, 7) is 2.65. The molecule has 0 amide bonds. The van der Waals surface area contributed by atoms with Gasteiger partial charge in [0.1, 0.15) is 5.75 Å². The van der Waals surface area contributed by atoms with E-state index in [0.717, 1.165) is 29.9 Å². The van der Waals surface area contributed by atoms with Crippen LogP contribution in [-0.4, -0.2) is 17.5 Å². The molecule has 1 aliphatic carbocycles. The molecule has 3 nitrogen and oxygen atoms in total. The maximum absolute atomic E-state index is 8.74. The summed E-state index contributed by atoms with van der Waals surface area (Å²) in [7, 11) is 0. The van der Waals surface area contributed by atoms with Crippen LogP contribution in [0.4, 0.5) is 0 Å². The molecule has 0 aromatic heterocycles. The van der Waals surface area contributed by atoms with Crippen LogP contribution < -0.4 is 4.74 Å². The Morgan fingerprint density at radius 1 is 1.43 bits per heavy atom. The Hall–Kier alpha value is -1.51. The molecule has 1 N–H and O–H groups in total. The van der Waals surface area contributed by atoms with E-state index in [1.807, 2.05) is 25.1 Å². The van der Waals surface area contributed by atoms with Crippen molar-refractivity contribution in [1.82, 2.24) is 0 Å². The van der Waals surface area contributed by atoms with E-state index in [9.17, 15) is 0 Å². The van der Waals surface area contributed by atoms with E-state index >= 15 is 0 Å². The topological polar surface area (TPSA) is 41.8 Å². The van der Waals surface area contributed by atoms with Gasteiger partial charge < -0.3 is 9.94 Å². The van der Waals surface area contributed by atoms with Gasteiger partial charge in [-0.05, 0) is 43.5 Å². The predicted octanol–water partition coefficient (Wildman–Crippen LogP) is 2.21. The van der Waals surface area contributed by atoms with Gasteiger partial charge >= 0.3 is 0 Å². The number of benzene rings is 1. The highest BCUT2D eigenvalue weighted by Crippen LogP contribution is 2.26. The van der Waals surface area contributed by atoms with E-state index in [2.05, 4.69) is 5.16 Å². The Morgan fingerprint density at radius 2 is 2.29 bits per heavy atom. The molecule has 0 spiro atoms. The molecule has 0 unspecified atom stereocenters. The first-order valence-corrected chi connectivity index (χ1v) is 4.82. The third-order valence-corrected chi connectivity index (χ3v) is 2.45. The molecule has 0 atom stereocenters. The van der Waals surface area contributed by atoms with Crippen LogP contribution in [-0.2, 0) is 6.42 Å². The molecular formula is C11H13NO2. The fourth-order valence-corrected chi connectivity index (χ4v) is 1.81. The first-order valence-electron chi connectivity index (χ1n) is 4.82. The maximum Gasteiger partial charge on any atom is 0.119 e. The third kappa shape index (κ3) is 1.45. The Morgan fingerprint density at radius 3 is 3.00 bits per heavy atom. The Balaban J connectivity index is 2.34. The molecule has 0 saturated carbocycles. The summed E-state index contributed by atoms with van der Waals surface area (Å²) in [5.74, 6) is 0.894. The second-order valence-corrected chi connectivity index (χ2v) is 3.30. The number of oxime groups is 1. The van der Waals surface area contributed by atoms with Crippen LogP contribution in [0.3, 0.4) is 0 Å². The minimum Gasteiger partial charge on any atom is -0.494 e. The number of ether oxygens (including phenoxy) is 1. The van der Waals surface area contributed by atoms with Crippen molar-refractivity contribution in [3.05, 3.63) is 29.3 Å². The number of hydrogen-bond acceptors (Lipinski definition) is 3. The molecular weight excluding hydrogens is 178 g/mol. The number of aryl methyl sites for hydroxylation is 1. The summed E-state index contributed by atoms with van der Waals surface area (Å²) in [5, 5.41) is 12.0. The normalized spacial score (nSPS) is 17.1. The van der Waals surface area contributed by atoms with Gasteiger partial charge in [-0.3, -0.25) is 0 Å². The zero-order valence-corrected chi connectivity index (χ0v) is 8.16. The molecule has 0 saturated heterocycles. The maximum atomic E-state index is 8.74. The van der Waals surface area contributed by atoms with E-state index in [1.165, 1.54) is 5.56 Å². The van der Waals surface area contributed by atoms with Gasteiger partial charge in [-0.2, -0.15) is 0 Å². The lowest BCUT2D eigenvalue weighted by Crippen LogP contribution is -1.95. The molecule has 0 heterocycles. The summed E-state index contributed by atoms with van der Waals surface area (Å²) >= 11 is 0. The average molecular weight is 191 g/mol. The molecule has 2 rings (SSSR count). The van der Waals surface area contributed by atoms with Crippen molar-refractivity contribution in [2.24, 2.45) is 5.16 Å². The fraction of sp³-hybridized carbons (Fsp3) is 0.364. The number of hydrogen-bond donors (Lipinski definition) is 1. The van der Waals surface area contributed by atoms with Gasteiger partial charge in [0.25, 0.3) is 0 Å². The van der Waals surface area contributed by atoms with E-state index < -0.39 is 0 Å². The minimum atomic E-state index is 0.680. The molecule has 0 radical (unpaired) electrons. The van der Waals surface area contributed by atoms with Gasteiger partial charge in [-0.25, -0.2) is 0 Å². The molecule has 0 aliphatic heterocycles. The molecule has 1 aromatic rings. The van der Waals surface area contributed by atoms with Crippen LogP contribution in [0.25, 0.3) is 0 Å². The van der Waals surface area contributed by atoms with Crippen molar-refractivity contribution in [1.29, 1.82) is 0 Å². The highest BCUT2D eigenvalue weighted by molar-refractivity contribution is 6.04. The molecule has 1 aliphatic rings. The molecule has 74 valence electrons. The second kappa shape index (κ2) is 3.70. The lowest BCUT2D eigenvalue weighted by molar-refractivity contribution is 0.318. The van der Waals surface area contributed by atoms with Crippen molar-refractivity contribution in [3.8, 4) is 5.75 Å². The fourth-order valence-electron chi connectivity index (χ4n) is 1.81. The lowest BCUT2D eigenvalue weighted by atomic mass is 10.1. The number of nitrogens with zero attached hydrogens (tertiary/aromatic N) is 1. The van der Waals surface area contributed by atoms with Crippen LogP contribution in [0, 0.1) is 0 Å². The van der Waals surface area contributed by atoms with Crippen LogP contribution >= 0.6 is 0 Å². The quantitative estimate of drug-likeness (QED) is 0.575. The monoisotopic (exact) mass is 191 g/mol. The Bertz CT molecular complexity index is 372. The predicted molar refractivity (Wildman–Crippen MR) is 54.3 cm³/mol. The van der Waals surface area contributed by atoms with Gasteiger partial charge in [-0.15, -0.1) is 0 Å². The molecule has 1 aromatic carbocycles. The summed E-state index contributed by atoms with van der Waals surface area (Å²) in [6, 6.07) is 5.90. The van der Waals surface area contributed by atoms with Crippen LogP contribution in [0.2, 0.25) is 0 Å². The van der Waals surface area contributed by atoms with Crippen molar-refractivity contribution in [3.63, 3.8) is 0 Å². The van der Waals surface area contributed by atoms with E-state index in [-0.39, 0.29) is 0 Å². The average Bonchev–Trinajstić information content (AvgIpc) is 2.60. The van der Waals surface area contributed by atoms with E-state index in [4.69, 9.17) is 9.94 Å². The highest BCUT2D eigenvalue weighted by atomic mass is 16.5. The van der Waals surface area contributed by atoms with Crippen molar-refractivity contribution in [2.75, 3.05) is 6.61 Å². The number of rotatable bonds is 2.